The van der Waals surface area contributed by atoms with E-state index in [1.54, 1.807) is 18.2 Å². The van der Waals surface area contributed by atoms with Gasteiger partial charge in [0, 0.05) is 24.8 Å². The highest BCUT2D eigenvalue weighted by Gasteiger charge is 2.08. The molecule has 0 saturated carbocycles. The van der Waals surface area contributed by atoms with Crippen LogP contribution in [0.2, 0.25) is 0 Å². The number of hydrogen-bond donors (Lipinski definition) is 2. The minimum atomic E-state index is -0.910. The second-order valence-corrected chi connectivity index (χ2v) is 3.48. The number of nitrogens with two attached hydrogens (primary N) is 1. The van der Waals surface area contributed by atoms with Crippen LogP contribution in [0, 0.1) is 0 Å². The molecule has 1 heterocycles. The van der Waals surface area contributed by atoms with Gasteiger partial charge >= 0.3 is 5.97 Å². The zero-order valence-electron chi connectivity index (χ0n) is 8.40. The Morgan fingerprint density at radius 2 is 2.20 bits per heavy atom. The van der Waals surface area contributed by atoms with Crippen LogP contribution in [0.5, 0.6) is 0 Å². The molecule has 3 N–H and O–H groups in total. The molecule has 2 rings (SSSR count). The fourth-order valence-electron chi connectivity index (χ4n) is 1.72. The van der Waals surface area contributed by atoms with Gasteiger partial charge in [-0.25, -0.2) is 4.79 Å². The first-order valence-corrected chi connectivity index (χ1v) is 4.65. The van der Waals surface area contributed by atoms with Crippen molar-refractivity contribution >= 4 is 16.9 Å². The Bertz CT molecular complexity index is 529. The molecule has 0 fully saturated rings. The van der Waals surface area contributed by atoms with Crippen LogP contribution in [0.3, 0.4) is 0 Å². The molecule has 2 aromatic rings. The van der Waals surface area contributed by atoms with Crippen LogP contribution in [-0.2, 0) is 13.6 Å². The van der Waals surface area contributed by atoms with E-state index in [4.69, 9.17) is 10.8 Å². The molecule has 15 heavy (non-hydrogen) atoms. The average molecular weight is 204 g/mol. The maximum absolute atomic E-state index is 10.8. The Balaban J connectivity index is 2.70. The van der Waals surface area contributed by atoms with Crippen molar-refractivity contribution in [1.29, 1.82) is 0 Å². The van der Waals surface area contributed by atoms with Gasteiger partial charge < -0.3 is 15.4 Å². The Labute approximate surface area is 86.9 Å². The van der Waals surface area contributed by atoms with Crippen LogP contribution >= 0.6 is 0 Å². The van der Waals surface area contributed by atoms with Gasteiger partial charge in [0.2, 0.25) is 0 Å². The molecule has 4 nitrogen and oxygen atoms in total. The van der Waals surface area contributed by atoms with Crippen LogP contribution in [0.25, 0.3) is 10.9 Å². The summed E-state index contributed by atoms with van der Waals surface area (Å²) in [5.41, 5.74) is 7.77. The molecular formula is C11H12N2O2. The standard InChI is InChI=1S/C11H12N2O2/c1-13-9(6-12)4-7-2-3-8(11(14)15)5-10(7)13/h2-5H,6,12H2,1H3,(H,14,15). The molecule has 0 radical (unpaired) electrons. The highest BCUT2D eigenvalue weighted by Crippen LogP contribution is 2.20. The Morgan fingerprint density at radius 1 is 1.47 bits per heavy atom. The molecule has 0 amide bonds. The summed E-state index contributed by atoms with van der Waals surface area (Å²) in [7, 11) is 1.89. The van der Waals surface area contributed by atoms with Crippen LogP contribution in [0.15, 0.2) is 24.3 Å². The van der Waals surface area contributed by atoms with E-state index in [9.17, 15) is 4.79 Å². The number of carboxylic acid groups (broad SMARTS) is 1. The predicted octanol–water partition coefficient (Wildman–Crippen LogP) is 1.34. The summed E-state index contributed by atoms with van der Waals surface area (Å²) >= 11 is 0. The first-order chi connectivity index (χ1) is 7.13. The SMILES string of the molecule is Cn1c(CN)cc2ccc(C(=O)O)cc21. The van der Waals surface area contributed by atoms with Crippen LogP contribution in [0.4, 0.5) is 0 Å². The van der Waals surface area contributed by atoms with E-state index < -0.39 is 5.97 Å². The number of hydrogen-bond acceptors (Lipinski definition) is 2. The molecule has 0 aliphatic carbocycles. The summed E-state index contributed by atoms with van der Waals surface area (Å²) in [6.07, 6.45) is 0. The van der Waals surface area contributed by atoms with Gasteiger partial charge in [-0.1, -0.05) is 6.07 Å². The zero-order chi connectivity index (χ0) is 11.0. The molecular weight excluding hydrogens is 192 g/mol. The third-order valence-electron chi connectivity index (χ3n) is 2.60. The van der Waals surface area contributed by atoms with Gasteiger partial charge in [0.1, 0.15) is 0 Å². The average Bonchev–Trinajstić information content (AvgIpc) is 2.55. The number of fused-ring (bicyclic) bond motifs is 1. The van der Waals surface area contributed by atoms with E-state index in [0.717, 1.165) is 16.6 Å². The number of carboxylic acids is 1. The van der Waals surface area contributed by atoms with E-state index in [2.05, 4.69) is 0 Å². The van der Waals surface area contributed by atoms with Crippen molar-refractivity contribution in [3.05, 3.63) is 35.5 Å². The Hall–Kier alpha value is -1.81. The van der Waals surface area contributed by atoms with E-state index in [1.165, 1.54) is 0 Å². The van der Waals surface area contributed by atoms with E-state index >= 15 is 0 Å². The van der Waals surface area contributed by atoms with E-state index in [0.29, 0.717) is 12.1 Å². The molecule has 4 heteroatoms. The molecule has 0 saturated heterocycles. The van der Waals surface area contributed by atoms with Crippen molar-refractivity contribution in [2.24, 2.45) is 12.8 Å². The third-order valence-corrected chi connectivity index (χ3v) is 2.60. The van der Waals surface area contributed by atoms with Gasteiger partial charge in [0.15, 0.2) is 0 Å². The quantitative estimate of drug-likeness (QED) is 0.775. The number of aromatic carboxylic acids is 1. The lowest BCUT2D eigenvalue weighted by molar-refractivity contribution is 0.0697. The van der Waals surface area contributed by atoms with Crippen molar-refractivity contribution in [2.75, 3.05) is 0 Å². The molecule has 0 aliphatic rings. The largest absolute Gasteiger partial charge is 0.478 e. The fourth-order valence-corrected chi connectivity index (χ4v) is 1.72. The lowest BCUT2D eigenvalue weighted by atomic mass is 10.1. The van der Waals surface area contributed by atoms with Crippen molar-refractivity contribution < 1.29 is 9.90 Å². The highest BCUT2D eigenvalue weighted by molar-refractivity contribution is 5.93. The van der Waals surface area contributed by atoms with Crippen molar-refractivity contribution in [2.45, 2.75) is 6.54 Å². The molecule has 0 unspecified atom stereocenters. The summed E-state index contributed by atoms with van der Waals surface area (Å²) in [4.78, 5) is 10.8. The topological polar surface area (TPSA) is 68.2 Å². The number of aryl methyl sites for hydroxylation is 1. The Morgan fingerprint density at radius 3 is 2.80 bits per heavy atom. The van der Waals surface area contributed by atoms with Gasteiger partial charge in [0.25, 0.3) is 0 Å². The molecule has 1 aromatic heterocycles. The maximum atomic E-state index is 10.8. The predicted molar refractivity (Wildman–Crippen MR) is 57.8 cm³/mol. The number of benzene rings is 1. The van der Waals surface area contributed by atoms with Crippen LogP contribution in [0.1, 0.15) is 16.1 Å². The molecule has 0 aliphatic heterocycles. The van der Waals surface area contributed by atoms with Crippen molar-refractivity contribution in [3.8, 4) is 0 Å². The highest BCUT2D eigenvalue weighted by atomic mass is 16.4. The monoisotopic (exact) mass is 204 g/mol. The summed E-state index contributed by atoms with van der Waals surface area (Å²) in [5, 5.41) is 9.88. The first-order valence-electron chi connectivity index (χ1n) is 4.65. The lowest BCUT2D eigenvalue weighted by Crippen LogP contribution is -2.03. The molecule has 1 aromatic carbocycles. The second-order valence-electron chi connectivity index (χ2n) is 3.48. The van der Waals surface area contributed by atoms with Crippen molar-refractivity contribution in [3.63, 3.8) is 0 Å². The minimum Gasteiger partial charge on any atom is -0.478 e. The summed E-state index contributed by atoms with van der Waals surface area (Å²) < 4.78 is 1.92. The van der Waals surface area contributed by atoms with Gasteiger partial charge in [0.05, 0.1) is 5.56 Å². The molecule has 78 valence electrons. The smallest absolute Gasteiger partial charge is 0.335 e. The van der Waals surface area contributed by atoms with Gasteiger partial charge in [-0.3, -0.25) is 0 Å². The zero-order valence-corrected chi connectivity index (χ0v) is 8.40. The summed E-state index contributed by atoms with van der Waals surface area (Å²) in [5.74, 6) is -0.910. The second kappa shape index (κ2) is 3.40. The lowest BCUT2D eigenvalue weighted by Gasteiger charge is -2.01. The third kappa shape index (κ3) is 1.49. The van der Waals surface area contributed by atoms with Crippen LogP contribution < -0.4 is 5.73 Å². The normalized spacial score (nSPS) is 10.8. The maximum Gasteiger partial charge on any atom is 0.335 e. The fraction of sp³-hybridized carbons (Fsp3) is 0.182. The number of aromatic nitrogens is 1. The van der Waals surface area contributed by atoms with Gasteiger partial charge in [-0.05, 0) is 23.6 Å². The Kier molecular flexibility index (Phi) is 2.21. The molecule has 0 bridgehead atoms. The number of rotatable bonds is 2. The molecule has 0 spiro atoms. The van der Waals surface area contributed by atoms with Gasteiger partial charge in [-0.2, -0.15) is 0 Å². The van der Waals surface area contributed by atoms with E-state index in [-0.39, 0.29) is 0 Å². The van der Waals surface area contributed by atoms with Crippen molar-refractivity contribution in [1.82, 2.24) is 4.57 Å². The van der Waals surface area contributed by atoms with Crippen LogP contribution in [-0.4, -0.2) is 15.6 Å². The first kappa shape index (κ1) is 9.73. The number of carbonyl (C=O) groups is 1. The van der Waals surface area contributed by atoms with Gasteiger partial charge in [-0.15, -0.1) is 0 Å². The summed E-state index contributed by atoms with van der Waals surface area (Å²) in [6.45, 7) is 0.452. The summed E-state index contributed by atoms with van der Waals surface area (Å²) in [6, 6.07) is 7.04. The number of nitrogens with zero attached hydrogens (tertiary/aromatic N) is 1. The minimum absolute atomic E-state index is 0.298. The molecule has 0 atom stereocenters. The van der Waals surface area contributed by atoms with E-state index in [1.807, 2.05) is 17.7 Å².